The molecule has 0 unspecified atom stereocenters. The van der Waals surface area contributed by atoms with E-state index in [0.29, 0.717) is 5.92 Å². The van der Waals surface area contributed by atoms with E-state index < -0.39 is 0 Å². The predicted octanol–water partition coefficient (Wildman–Crippen LogP) is 3.74. The molecule has 0 saturated carbocycles. The molecule has 3 rings (SSSR count). The molecule has 132 valence electrons. The molecule has 25 heavy (non-hydrogen) atoms. The van der Waals surface area contributed by atoms with Gasteiger partial charge in [0, 0.05) is 43.4 Å². The molecule has 1 aliphatic heterocycles. The summed E-state index contributed by atoms with van der Waals surface area (Å²) in [4.78, 5) is 18.6. The van der Waals surface area contributed by atoms with Crippen molar-refractivity contribution < 1.29 is 4.79 Å². The van der Waals surface area contributed by atoms with E-state index in [0.717, 1.165) is 49.3 Å². The highest BCUT2D eigenvalue weighted by atomic mass is 16.2. The summed E-state index contributed by atoms with van der Waals surface area (Å²) in [6.07, 6.45) is 5.85. The minimum atomic E-state index is -0.124. The molecular formula is C20H26N4O. The van der Waals surface area contributed by atoms with Crippen LogP contribution in [-0.2, 0) is 0 Å². The lowest BCUT2D eigenvalue weighted by Gasteiger charge is -2.33. The third-order valence-corrected chi connectivity index (χ3v) is 4.67. The number of anilines is 2. The maximum atomic E-state index is 12.1. The van der Waals surface area contributed by atoms with Crippen molar-refractivity contribution in [1.82, 2.24) is 10.3 Å². The summed E-state index contributed by atoms with van der Waals surface area (Å²) >= 11 is 0. The molecule has 5 heteroatoms. The van der Waals surface area contributed by atoms with Crippen LogP contribution < -0.4 is 15.5 Å². The third kappa shape index (κ3) is 4.95. The Hall–Kier alpha value is -2.56. The number of rotatable bonds is 4. The van der Waals surface area contributed by atoms with Crippen molar-refractivity contribution in [3.63, 3.8) is 0 Å². The Labute approximate surface area is 149 Å². The third-order valence-electron chi connectivity index (χ3n) is 4.67. The highest BCUT2D eigenvalue weighted by Gasteiger charge is 2.19. The molecule has 0 atom stereocenters. The summed E-state index contributed by atoms with van der Waals surface area (Å²) < 4.78 is 0. The van der Waals surface area contributed by atoms with Gasteiger partial charge in [-0.25, -0.2) is 4.79 Å². The van der Waals surface area contributed by atoms with Crippen LogP contribution in [0.15, 0.2) is 42.7 Å². The molecule has 5 nitrogen and oxygen atoms in total. The van der Waals surface area contributed by atoms with E-state index in [2.05, 4.69) is 38.7 Å². The van der Waals surface area contributed by atoms with Gasteiger partial charge < -0.3 is 15.5 Å². The molecular weight excluding hydrogens is 312 g/mol. The van der Waals surface area contributed by atoms with E-state index in [1.807, 2.05) is 38.4 Å². The average molecular weight is 338 g/mol. The van der Waals surface area contributed by atoms with E-state index in [-0.39, 0.29) is 6.03 Å². The van der Waals surface area contributed by atoms with Gasteiger partial charge >= 0.3 is 6.03 Å². The Bertz CT molecular complexity index is 689. The number of aromatic nitrogens is 1. The normalized spacial score (nSPS) is 15.0. The van der Waals surface area contributed by atoms with Crippen LogP contribution in [0.5, 0.6) is 0 Å². The lowest BCUT2D eigenvalue weighted by molar-refractivity contribution is 0.248. The first-order chi connectivity index (χ1) is 12.1. The van der Waals surface area contributed by atoms with E-state index in [1.54, 1.807) is 0 Å². The number of nitrogens with zero attached hydrogens (tertiary/aromatic N) is 2. The number of amides is 2. The summed E-state index contributed by atoms with van der Waals surface area (Å²) in [7, 11) is 0. The van der Waals surface area contributed by atoms with Gasteiger partial charge in [-0.1, -0.05) is 6.07 Å². The maximum absolute atomic E-state index is 12.1. The SMILES string of the molecule is Cc1cc(C)cc(NC(=O)NCC2CCN(c3ccncc3)CC2)c1. The van der Waals surface area contributed by atoms with E-state index in [1.165, 1.54) is 5.69 Å². The minimum Gasteiger partial charge on any atom is -0.371 e. The van der Waals surface area contributed by atoms with Gasteiger partial charge in [-0.3, -0.25) is 4.98 Å². The van der Waals surface area contributed by atoms with Gasteiger partial charge in [0.25, 0.3) is 0 Å². The molecule has 1 aliphatic rings. The number of carbonyl (C=O) groups is 1. The fourth-order valence-corrected chi connectivity index (χ4v) is 3.41. The number of hydrogen-bond acceptors (Lipinski definition) is 3. The number of nitrogens with one attached hydrogen (secondary N) is 2. The summed E-state index contributed by atoms with van der Waals surface area (Å²) in [6.45, 7) is 6.84. The zero-order valence-corrected chi connectivity index (χ0v) is 15.0. The number of hydrogen-bond donors (Lipinski definition) is 2. The monoisotopic (exact) mass is 338 g/mol. The zero-order chi connectivity index (χ0) is 17.6. The highest BCUT2D eigenvalue weighted by molar-refractivity contribution is 5.89. The Morgan fingerprint density at radius 3 is 2.40 bits per heavy atom. The Balaban J connectivity index is 1.43. The van der Waals surface area contributed by atoms with Gasteiger partial charge in [-0.05, 0) is 68.0 Å². The van der Waals surface area contributed by atoms with Gasteiger partial charge in [0.1, 0.15) is 0 Å². The van der Waals surface area contributed by atoms with Crippen molar-refractivity contribution in [2.24, 2.45) is 5.92 Å². The average Bonchev–Trinajstić information content (AvgIpc) is 2.60. The Kier molecular flexibility index (Phi) is 5.53. The van der Waals surface area contributed by atoms with Crippen LogP contribution >= 0.6 is 0 Å². The fraction of sp³-hybridized carbons (Fsp3) is 0.400. The van der Waals surface area contributed by atoms with Crippen molar-refractivity contribution in [3.8, 4) is 0 Å². The number of piperidine rings is 1. The quantitative estimate of drug-likeness (QED) is 0.893. The van der Waals surface area contributed by atoms with Crippen LogP contribution in [0, 0.1) is 19.8 Å². The molecule has 0 aliphatic carbocycles. The van der Waals surface area contributed by atoms with Crippen molar-refractivity contribution in [1.29, 1.82) is 0 Å². The van der Waals surface area contributed by atoms with Crippen molar-refractivity contribution >= 4 is 17.4 Å². The van der Waals surface area contributed by atoms with Crippen LogP contribution in [0.1, 0.15) is 24.0 Å². The molecule has 2 N–H and O–H groups in total. The predicted molar refractivity (Wildman–Crippen MR) is 102 cm³/mol. The topological polar surface area (TPSA) is 57.3 Å². The lowest BCUT2D eigenvalue weighted by atomic mass is 9.96. The minimum absolute atomic E-state index is 0.124. The number of pyridine rings is 1. The first-order valence-corrected chi connectivity index (χ1v) is 8.88. The standard InChI is InChI=1S/C20H26N4O/c1-15-11-16(2)13-18(12-15)23-20(25)22-14-17-5-9-24(10-6-17)19-3-7-21-8-4-19/h3-4,7-8,11-13,17H,5-6,9-10,14H2,1-2H3,(H2,22,23,25). The van der Waals surface area contributed by atoms with Crippen LogP contribution in [0.2, 0.25) is 0 Å². The number of urea groups is 1. The second kappa shape index (κ2) is 8.01. The Morgan fingerprint density at radius 2 is 1.76 bits per heavy atom. The maximum Gasteiger partial charge on any atom is 0.319 e. The van der Waals surface area contributed by atoms with Crippen LogP contribution in [0.3, 0.4) is 0 Å². The highest BCUT2D eigenvalue weighted by Crippen LogP contribution is 2.22. The molecule has 1 aromatic carbocycles. The molecule has 0 spiro atoms. The number of benzene rings is 1. The molecule has 2 aromatic rings. The smallest absolute Gasteiger partial charge is 0.319 e. The van der Waals surface area contributed by atoms with E-state index >= 15 is 0 Å². The van der Waals surface area contributed by atoms with Gasteiger partial charge in [0.15, 0.2) is 0 Å². The van der Waals surface area contributed by atoms with Crippen molar-refractivity contribution in [2.75, 3.05) is 29.9 Å². The van der Waals surface area contributed by atoms with E-state index in [9.17, 15) is 4.79 Å². The van der Waals surface area contributed by atoms with Gasteiger partial charge in [0.2, 0.25) is 0 Å². The molecule has 1 saturated heterocycles. The second-order valence-electron chi connectivity index (χ2n) is 6.85. The van der Waals surface area contributed by atoms with Crippen molar-refractivity contribution in [3.05, 3.63) is 53.9 Å². The largest absolute Gasteiger partial charge is 0.371 e. The second-order valence-corrected chi connectivity index (χ2v) is 6.85. The zero-order valence-electron chi connectivity index (χ0n) is 15.0. The molecule has 1 fully saturated rings. The molecule has 2 amide bonds. The summed E-state index contributed by atoms with van der Waals surface area (Å²) in [5.41, 5.74) is 4.38. The van der Waals surface area contributed by atoms with Crippen LogP contribution in [0.4, 0.5) is 16.2 Å². The summed E-state index contributed by atoms with van der Waals surface area (Å²) in [5, 5.41) is 5.95. The van der Waals surface area contributed by atoms with Gasteiger partial charge in [0.05, 0.1) is 0 Å². The molecule has 0 bridgehead atoms. The molecule has 2 heterocycles. The number of carbonyl (C=O) groups excluding carboxylic acids is 1. The number of aryl methyl sites for hydroxylation is 2. The lowest BCUT2D eigenvalue weighted by Crippen LogP contribution is -2.39. The summed E-state index contributed by atoms with van der Waals surface area (Å²) in [5.74, 6) is 0.531. The molecule has 1 aromatic heterocycles. The van der Waals surface area contributed by atoms with Gasteiger partial charge in [-0.15, -0.1) is 0 Å². The Morgan fingerprint density at radius 1 is 1.12 bits per heavy atom. The van der Waals surface area contributed by atoms with Gasteiger partial charge in [-0.2, -0.15) is 0 Å². The van der Waals surface area contributed by atoms with Crippen molar-refractivity contribution in [2.45, 2.75) is 26.7 Å². The molecule has 0 radical (unpaired) electrons. The van der Waals surface area contributed by atoms with Crippen LogP contribution in [-0.4, -0.2) is 30.6 Å². The first-order valence-electron chi connectivity index (χ1n) is 8.88. The summed E-state index contributed by atoms with van der Waals surface area (Å²) in [6, 6.07) is 10.0. The van der Waals surface area contributed by atoms with E-state index in [4.69, 9.17) is 0 Å². The first kappa shape index (κ1) is 17.3. The van der Waals surface area contributed by atoms with Crippen LogP contribution in [0.25, 0.3) is 0 Å². The fourth-order valence-electron chi connectivity index (χ4n) is 3.41.